The van der Waals surface area contributed by atoms with Crippen LogP contribution in [-0.4, -0.2) is 53.2 Å². The minimum absolute atomic E-state index is 0.115. The number of aromatic nitrogens is 2. The summed E-state index contributed by atoms with van der Waals surface area (Å²) in [6.07, 6.45) is 0. The lowest BCUT2D eigenvalue weighted by molar-refractivity contribution is 0.0540. The molecule has 0 atom stereocenters. The number of likely N-dealkylation sites (tertiary alicyclic amines) is 1. The molecule has 8 nitrogen and oxygen atoms in total. The van der Waals surface area contributed by atoms with E-state index in [1.54, 1.807) is 23.1 Å². The number of methoxy groups -OCH3 is 1. The smallest absolute Gasteiger partial charge is 0.263 e. The van der Waals surface area contributed by atoms with Crippen molar-refractivity contribution < 1.29 is 14.3 Å². The summed E-state index contributed by atoms with van der Waals surface area (Å²) in [6.45, 7) is 4.65. The quantitative estimate of drug-likeness (QED) is 0.681. The van der Waals surface area contributed by atoms with Crippen molar-refractivity contribution in [2.45, 2.75) is 19.9 Å². The molecule has 0 bridgehead atoms. The highest BCUT2D eigenvalue weighted by Crippen LogP contribution is 2.35. The van der Waals surface area contributed by atoms with Crippen molar-refractivity contribution in [2.24, 2.45) is 0 Å². The molecule has 0 unspecified atom stereocenters. The Kier molecular flexibility index (Phi) is 4.83. The van der Waals surface area contributed by atoms with E-state index in [4.69, 9.17) is 10.5 Å². The third-order valence-corrected chi connectivity index (χ3v) is 6.27. The summed E-state index contributed by atoms with van der Waals surface area (Å²) in [5, 5.41) is 12.0. The van der Waals surface area contributed by atoms with Crippen LogP contribution in [0.1, 0.15) is 31.3 Å². The molecule has 0 saturated carbocycles. The van der Waals surface area contributed by atoms with Gasteiger partial charge in [0.25, 0.3) is 11.8 Å². The first kappa shape index (κ1) is 19.1. The third kappa shape index (κ3) is 3.27. The molecule has 1 saturated heterocycles. The molecule has 3 aromatic rings. The van der Waals surface area contributed by atoms with Gasteiger partial charge in [-0.15, -0.1) is 16.4 Å². The van der Waals surface area contributed by atoms with Crippen molar-refractivity contribution in [3.05, 3.63) is 46.0 Å². The fourth-order valence-corrected chi connectivity index (χ4v) is 4.39. The predicted octanol–water partition coefficient (Wildman–Crippen LogP) is 2.15. The van der Waals surface area contributed by atoms with Crippen LogP contribution in [0.25, 0.3) is 10.2 Å². The minimum Gasteiger partial charge on any atom is -0.496 e. The Hall–Kier alpha value is -3.20. The number of aryl methyl sites for hydroxylation is 2. The molecule has 0 radical (unpaired) electrons. The first-order valence-corrected chi connectivity index (χ1v) is 9.97. The molecule has 1 aliphatic heterocycles. The molecular formula is C20H21N5O3S. The van der Waals surface area contributed by atoms with Gasteiger partial charge in [-0.3, -0.25) is 9.59 Å². The molecule has 1 aromatic carbocycles. The van der Waals surface area contributed by atoms with Gasteiger partial charge in [-0.05, 0) is 31.5 Å². The standard InChI is InChI=1S/C20H21N5O3S/c1-10-11(2)23-24-19-15(10)16(21)17(29-19)18(26)22-12-8-25(9-12)20(27)13-6-4-5-7-14(13)28-3/h4-7,12H,8-9,21H2,1-3H3,(H,22,26). The van der Waals surface area contributed by atoms with Crippen LogP contribution in [0.2, 0.25) is 0 Å². The van der Waals surface area contributed by atoms with Crippen molar-refractivity contribution in [3.8, 4) is 5.75 Å². The lowest BCUT2D eigenvalue weighted by Crippen LogP contribution is -2.60. The number of nitrogens with zero attached hydrogens (tertiary/aromatic N) is 3. The Labute approximate surface area is 171 Å². The van der Waals surface area contributed by atoms with Crippen molar-refractivity contribution in [3.63, 3.8) is 0 Å². The SMILES string of the molecule is COc1ccccc1C(=O)N1CC(NC(=O)c2sc3nnc(C)c(C)c3c2N)C1. The van der Waals surface area contributed by atoms with E-state index in [0.29, 0.717) is 39.8 Å². The highest BCUT2D eigenvalue weighted by Gasteiger charge is 2.34. The van der Waals surface area contributed by atoms with E-state index >= 15 is 0 Å². The second kappa shape index (κ2) is 7.32. The van der Waals surface area contributed by atoms with Crippen molar-refractivity contribution in [1.29, 1.82) is 0 Å². The summed E-state index contributed by atoms with van der Waals surface area (Å²) in [4.78, 5) is 28.1. The number of hydrogen-bond donors (Lipinski definition) is 2. The number of nitrogens with one attached hydrogen (secondary N) is 1. The monoisotopic (exact) mass is 411 g/mol. The van der Waals surface area contributed by atoms with Crippen molar-refractivity contribution in [1.82, 2.24) is 20.4 Å². The highest BCUT2D eigenvalue weighted by atomic mass is 32.1. The van der Waals surface area contributed by atoms with Crippen LogP contribution in [-0.2, 0) is 0 Å². The number of benzene rings is 1. The number of rotatable bonds is 4. The summed E-state index contributed by atoms with van der Waals surface area (Å²) in [5.41, 5.74) is 8.89. The van der Waals surface area contributed by atoms with Crippen molar-refractivity contribution >= 4 is 39.1 Å². The Morgan fingerprint density at radius 1 is 1.24 bits per heavy atom. The number of amides is 2. The average molecular weight is 411 g/mol. The molecule has 2 aromatic heterocycles. The van der Waals surface area contributed by atoms with E-state index in [2.05, 4.69) is 15.5 Å². The minimum atomic E-state index is -0.253. The van der Waals surface area contributed by atoms with Gasteiger partial charge in [0, 0.05) is 18.5 Å². The zero-order valence-electron chi connectivity index (χ0n) is 16.4. The Balaban J connectivity index is 1.44. The predicted molar refractivity (Wildman–Crippen MR) is 111 cm³/mol. The average Bonchev–Trinajstić information content (AvgIpc) is 3.03. The first-order chi connectivity index (χ1) is 13.9. The summed E-state index contributed by atoms with van der Waals surface area (Å²) < 4.78 is 5.25. The van der Waals surface area contributed by atoms with Gasteiger partial charge in [0.2, 0.25) is 0 Å². The third-order valence-electron chi connectivity index (χ3n) is 5.18. The van der Waals surface area contributed by atoms with Crippen LogP contribution in [0, 0.1) is 13.8 Å². The van der Waals surface area contributed by atoms with Crippen LogP contribution in [0.3, 0.4) is 0 Å². The molecule has 9 heteroatoms. The molecule has 0 spiro atoms. The zero-order chi connectivity index (χ0) is 20.7. The topological polar surface area (TPSA) is 110 Å². The molecule has 3 N–H and O–H groups in total. The van der Waals surface area contributed by atoms with E-state index in [9.17, 15) is 9.59 Å². The number of carbonyl (C=O) groups is 2. The van der Waals surface area contributed by atoms with Gasteiger partial charge in [0.15, 0.2) is 0 Å². The van der Waals surface area contributed by atoms with Gasteiger partial charge >= 0.3 is 0 Å². The fourth-order valence-electron chi connectivity index (χ4n) is 3.39. The molecule has 150 valence electrons. The lowest BCUT2D eigenvalue weighted by atomic mass is 10.1. The van der Waals surface area contributed by atoms with E-state index in [1.165, 1.54) is 18.4 Å². The van der Waals surface area contributed by atoms with Gasteiger partial charge in [-0.2, -0.15) is 5.10 Å². The van der Waals surface area contributed by atoms with Crippen LogP contribution in [0.4, 0.5) is 5.69 Å². The summed E-state index contributed by atoms with van der Waals surface area (Å²) in [5.74, 6) is 0.169. The van der Waals surface area contributed by atoms with Crippen LogP contribution >= 0.6 is 11.3 Å². The van der Waals surface area contributed by atoms with Crippen LogP contribution in [0.15, 0.2) is 24.3 Å². The molecule has 1 aliphatic rings. The number of para-hydroxylation sites is 1. The molecule has 2 amide bonds. The molecule has 0 aliphatic carbocycles. The maximum Gasteiger partial charge on any atom is 0.263 e. The second-order valence-corrected chi connectivity index (χ2v) is 8.02. The number of ether oxygens (including phenoxy) is 1. The highest BCUT2D eigenvalue weighted by molar-refractivity contribution is 7.21. The summed E-state index contributed by atoms with van der Waals surface area (Å²) >= 11 is 1.23. The lowest BCUT2D eigenvalue weighted by Gasteiger charge is -2.39. The van der Waals surface area contributed by atoms with Gasteiger partial charge < -0.3 is 20.7 Å². The van der Waals surface area contributed by atoms with Crippen molar-refractivity contribution in [2.75, 3.05) is 25.9 Å². The fraction of sp³-hybridized carbons (Fsp3) is 0.300. The summed E-state index contributed by atoms with van der Waals surface area (Å²) in [6, 6.07) is 6.97. The number of fused-ring (bicyclic) bond motifs is 1. The normalized spacial score (nSPS) is 14.0. The largest absolute Gasteiger partial charge is 0.496 e. The second-order valence-electron chi connectivity index (χ2n) is 7.02. The molecule has 29 heavy (non-hydrogen) atoms. The van der Waals surface area contributed by atoms with E-state index in [1.807, 2.05) is 19.9 Å². The number of thiophene rings is 1. The number of nitrogen functional groups attached to an aromatic ring is 1. The van der Waals surface area contributed by atoms with Gasteiger partial charge in [-0.1, -0.05) is 12.1 Å². The zero-order valence-corrected chi connectivity index (χ0v) is 17.2. The molecule has 3 heterocycles. The Morgan fingerprint density at radius 3 is 2.69 bits per heavy atom. The van der Waals surface area contributed by atoms with Crippen LogP contribution in [0.5, 0.6) is 5.75 Å². The number of anilines is 1. The van der Waals surface area contributed by atoms with E-state index in [0.717, 1.165) is 16.6 Å². The Morgan fingerprint density at radius 2 is 1.97 bits per heavy atom. The first-order valence-electron chi connectivity index (χ1n) is 9.15. The molecule has 4 rings (SSSR count). The van der Waals surface area contributed by atoms with Gasteiger partial charge in [0.1, 0.15) is 15.5 Å². The number of hydrogen-bond acceptors (Lipinski definition) is 7. The van der Waals surface area contributed by atoms with Gasteiger partial charge in [-0.25, -0.2) is 0 Å². The number of nitrogens with two attached hydrogens (primary N) is 1. The maximum absolute atomic E-state index is 12.7. The van der Waals surface area contributed by atoms with Crippen LogP contribution < -0.4 is 15.8 Å². The maximum atomic E-state index is 12.7. The molecule has 1 fully saturated rings. The van der Waals surface area contributed by atoms with E-state index < -0.39 is 0 Å². The molecular weight excluding hydrogens is 390 g/mol. The summed E-state index contributed by atoms with van der Waals surface area (Å²) in [7, 11) is 1.54. The van der Waals surface area contributed by atoms with E-state index in [-0.39, 0.29) is 17.9 Å². The number of carbonyl (C=O) groups excluding carboxylic acids is 2. The Bertz CT molecular complexity index is 1120. The van der Waals surface area contributed by atoms with Gasteiger partial charge in [0.05, 0.1) is 30.1 Å².